The van der Waals surface area contributed by atoms with Crippen LogP contribution >= 0.6 is 0 Å². The smallest absolute Gasteiger partial charge is 0.144 e. The molecule has 3 rings (SSSR count). The molecule has 0 aliphatic heterocycles. The lowest BCUT2D eigenvalue weighted by Crippen LogP contribution is -2.11. The fourth-order valence-corrected chi connectivity index (χ4v) is 2.47. The molecule has 0 N–H and O–H groups in total. The fraction of sp³-hybridized carbons (Fsp3) is 0.278. The monoisotopic (exact) mass is 264 g/mol. The second-order valence-electron chi connectivity index (χ2n) is 6.36. The van der Waals surface area contributed by atoms with Crippen LogP contribution in [0.4, 0.5) is 0 Å². The predicted octanol–water partition coefficient (Wildman–Crippen LogP) is 4.61. The lowest BCUT2D eigenvalue weighted by molar-refractivity contribution is 0.590. The van der Waals surface area contributed by atoms with Gasteiger partial charge in [0.05, 0.1) is 11.7 Å². The topological polar surface area (TPSA) is 17.3 Å². The van der Waals surface area contributed by atoms with E-state index in [1.54, 1.807) is 0 Å². The second-order valence-corrected chi connectivity index (χ2v) is 6.36. The summed E-state index contributed by atoms with van der Waals surface area (Å²) in [6.45, 7) is 8.87. The molecular weight excluding hydrogens is 244 g/mol. The van der Waals surface area contributed by atoms with E-state index in [-0.39, 0.29) is 5.41 Å². The third-order valence-corrected chi connectivity index (χ3v) is 3.78. The molecule has 0 saturated heterocycles. The number of aromatic nitrogens is 2. The van der Waals surface area contributed by atoms with Gasteiger partial charge in [-0.1, -0.05) is 39.0 Å². The molecule has 0 aliphatic rings. The summed E-state index contributed by atoms with van der Waals surface area (Å²) in [4.78, 5) is 4.61. The molecule has 0 unspecified atom stereocenters. The van der Waals surface area contributed by atoms with Crippen molar-refractivity contribution < 1.29 is 0 Å². The van der Waals surface area contributed by atoms with Crippen LogP contribution in [-0.2, 0) is 5.41 Å². The van der Waals surface area contributed by atoms with Crippen molar-refractivity contribution >= 4 is 5.52 Å². The van der Waals surface area contributed by atoms with E-state index in [1.165, 1.54) is 16.7 Å². The molecule has 2 heterocycles. The molecule has 0 amide bonds. The van der Waals surface area contributed by atoms with E-state index < -0.39 is 0 Å². The summed E-state index contributed by atoms with van der Waals surface area (Å²) in [7, 11) is 0. The van der Waals surface area contributed by atoms with E-state index in [4.69, 9.17) is 0 Å². The van der Waals surface area contributed by atoms with E-state index in [9.17, 15) is 0 Å². The molecule has 2 nitrogen and oxygen atoms in total. The molecule has 1 aromatic carbocycles. The number of nitrogens with zero attached hydrogens (tertiary/aromatic N) is 2. The van der Waals surface area contributed by atoms with Crippen LogP contribution in [0.5, 0.6) is 0 Å². The van der Waals surface area contributed by atoms with Crippen LogP contribution in [0.15, 0.2) is 48.8 Å². The highest BCUT2D eigenvalue weighted by atomic mass is 15.0. The van der Waals surface area contributed by atoms with E-state index in [0.29, 0.717) is 0 Å². The minimum absolute atomic E-state index is 0.148. The molecule has 0 atom stereocenters. The van der Waals surface area contributed by atoms with Crippen LogP contribution in [-0.4, -0.2) is 9.38 Å². The van der Waals surface area contributed by atoms with Crippen molar-refractivity contribution in [2.24, 2.45) is 0 Å². The van der Waals surface area contributed by atoms with Crippen molar-refractivity contribution in [3.8, 4) is 11.4 Å². The van der Waals surface area contributed by atoms with Crippen LogP contribution in [0.2, 0.25) is 0 Å². The highest BCUT2D eigenvalue weighted by Gasteiger charge is 2.16. The highest BCUT2D eigenvalue weighted by molar-refractivity contribution is 5.66. The average molecular weight is 264 g/mol. The van der Waals surface area contributed by atoms with Gasteiger partial charge in [-0.15, -0.1) is 0 Å². The van der Waals surface area contributed by atoms with Gasteiger partial charge in [0.2, 0.25) is 0 Å². The maximum Gasteiger partial charge on any atom is 0.144 e. The number of rotatable bonds is 1. The zero-order chi connectivity index (χ0) is 14.3. The van der Waals surface area contributed by atoms with Crippen molar-refractivity contribution in [3.63, 3.8) is 0 Å². The SMILES string of the molecule is Cc1ccc(C(C)(C)C)cc1-c1ncc2ccccn12. The lowest BCUT2D eigenvalue weighted by Gasteiger charge is -2.20. The van der Waals surface area contributed by atoms with Gasteiger partial charge in [0.15, 0.2) is 0 Å². The van der Waals surface area contributed by atoms with Gasteiger partial charge in [-0.05, 0) is 41.7 Å². The molecule has 102 valence electrons. The van der Waals surface area contributed by atoms with E-state index in [1.807, 2.05) is 18.3 Å². The molecule has 0 fully saturated rings. The minimum Gasteiger partial charge on any atom is -0.300 e. The zero-order valence-electron chi connectivity index (χ0n) is 12.5. The highest BCUT2D eigenvalue weighted by Crippen LogP contribution is 2.29. The lowest BCUT2D eigenvalue weighted by atomic mass is 9.85. The Balaban J connectivity index is 2.24. The zero-order valence-corrected chi connectivity index (χ0v) is 12.5. The summed E-state index contributed by atoms with van der Waals surface area (Å²) in [6, 6.07) is 12.9. The fourth-order valence-electron chi connectivity index (χ4n) is 2.47. The first kappa shape index (κ1) is 12.9. The van der Waals surface area contributed by atoms with Crippen LogP contribution in [0, 0.1) is 6.92 Å². The Bertz CT molecular complexity index is 760. The molecular formula is C18H20N2. The Morgan fingerprint density at radius 1 is 1.05 bits per heavy atom. The molecule has 0 saturated carbocycles. The predicted molar refractivity (Wildman–Crippen MR) is 84.1 cm³/mol. The molecule has 3 aromatic rings. The minimum atomic E-state index is 0.148. The van der Waals surface area contributed by atoms with E-state index in [0.717, 1.165) is 11.3 Å². The molecule has 2 heteroatoms. The Labute approximate surface area is 120 Å². The van der Waals surface area contributed by atoms with Crippen molar-refractivity contribution in [2.45, 2.75) is 33.1 Å². The average Bonchev–Trinajstić information content (AvgIpc) is 2.82. The van der Waals surface area contributed by atoms with Crippen molar-refractivity contribution in [1.29, 1.82) is 0 Å². The van der Waals surface area contributed by atoms with Crippen LogP contribution < -0.4 is 0 Å². The summed E-state index contributed by atoms with van der Waals surface area (Å²) in [6.07, 6.45) is 4.00. The standard InChI is InChI=1S/C18H20N2/c1-13-8-9-14(18(2,3)4)11-16(13)17-19-12-15-7-5-6-10-20(15)17/h5-12H,1-4H3. The summed E-state index contributed by atoms with van der Waals surface area (Å²) < 4.78 is 2.15. The van der Waals surface area contributed by atoms with Crippen LogP contribution in [0.25, 0.3) is 16.9 Å². The van der Waals surface area contributed by atoms with Gasteiger partial charge in [-0.2, -0.15) is 0 Å². The second kappa shape index (κ2) is 4.48. The number of fused-ring (bicyclic) bond motifs is 1. The molecule has 20 heavy (non-hydrogen) atoms. The van der Waals surface area contributed by atoms with Gasteiger partial charge < -0.3 is 0 Å². The van der Waals surface area contributed by atoms with Crippen molar-refractivity contribution in [2.75, 3.05) is 0 Å². The Hall–Kier alpha value is -2.09. The van der Waals surface area contributed by atoms with Gasteiger partial charge in [0, 0.05) is 11.8 Å². The summed E-state index contributed by atoms with van der Waals surface area (Å²) in [5.41, 5.74) is 5.09. The third kappa shape index (κ3) is 2.11. The number of hydrogen-bond acceptors (Lipinski definition) is 1. The normalized spacial score (nSPS) is 12.0. The number of benzene rings is 1. The van der Waals surface area contributed by atoms with Gasteiger partial charge in [0.1, 0.15) is 5.82 Å². The Kier molecular flexibility index (Phi) is 2.89. The largest absolute Gasteiger partial charge is 0.300 e. The first-order valence-electron chi connectivity index (χ1n) is 7.00. The third-order valence-electron chi connectivity index (χ3n) is 3.78. The summed E-state index contributed by atoms with van der Waals surface area (Å²) >= 11 is 0. The van der Waals surface area contributed by atoms with Gasteiger partial charge in [-0.3, -0.25) is 4.40 Å². The van der Waals surface area contributed by atoms with Crippen LogP contribution in [0.3, 0.4) is 0 Å². The van der Waals surface area contributed by atoms with Gasteiger partial charge in [-0.25, -0.2) is 4.98 Å². The van der Waals surface area contributed by atoms with Crippen LogP contribution in [0.1, 0.15) is 31.9 Å². The van der Waals surface area contributed by atoms with Gasteiger partial charge in [0.25, 0.3) is 0 Å². The quantitative estimate of drug-likeness (QED) is 0.627. The summed E-state index contributed by atoms with van der Waals surface area (Å²) in [5.74, 6) is 1.02. The van der Waals surface area contributed by atoms with Gasteiger partial charge >= 0.3 is 0 Å². The maximum atomic E-state index is 4.61. The first-order chi connectivity index (χ1) is 9.47. The molecule has 0 radical (unpaired) electrons. The molecule has 0 aliphatic carbocycles. The van der Waals surface area contributed by atoms with Crippen molar-refractivity contribution in [3.05, 3.63) is 59.9 Å². The Morgan fingerprint density at radius 3 is 2.60 bits per heavy atom. The van der Waals surface area contributed by atoms with E-state index in [2.05, 4.69) is 67.5 Å². The Morgan fingerprint density at radius 2 is 1.85 bits per heavy atom. The first-order valence-corrected chi connectivity index (χ1v) is 7.00. The van der Waals surface area contributed by atoms with E-state index >= 15 is 0 Å². The number of hydrogen-bond donors (Lipinski definition) is 0. The maximum absolute atomic E-state index is 4.61. The number of imidazole rings is 1. The summed E-state index contributed by atoms with van der Waals surface area (Å²) in [5, 5.41) is 0. The molecule has 0 bridgehead atoms. The number of pyridine rings is 1. The number of aryl methyl sites for hydroxylation is 1. The molecule has 2 aromatic heterocycles. The van der Waals surface area contributed by atoms with Crippen molar-refractivity contribution in [1.82, 2.24) is 9.38 Å². The molecule has 0 spiro atoms.